The number of hydrogen-bond acceptors (Lipinski definition) is 5. The molecule has 1 atom stereocenters. The first-order chi connectivity index (χ1) is 13.0. The molecule has 0 saturated carbocycles. The predicted molar refractivity (Wildman–Crippen MR) is 93.0 cm³/mol. The van der Waals surface area contributed by atoms with Crippen molar-refractivity contribution in [2.45, 2.75) is 6.10 Å². The number of nitrogens with two attached hydrogens (primary N) is 1. The van der Waals surface area contributed by atoms with Crippen LogP contribution in [0.15, 0.2) is 48.7 Å². The minimum absolute atomic E-state index is 0.0387. The van der Waals surface area contributed by atoms with Gasteiger partial charge in [0.05, 0.1) is 18.4 Å². The van der Waals surface area contributed by atoms with E-state index < -0.39 is 11.6 Å². The van der Waals surface area contributed by atoms with E-state index in [1.165, 1.54) is 12.3 Å². The van der Waals surface area contributed by atoms with Gasteiger partial charge in [-0.25, -0.2) is 13.5 Å². The van der Waals surface area contributed by atoms with Crippen LogP contribution in [-0.2, 0) is 4.74 Å². The molecule has 0 amide bonds. The summed E-state index contributed by atoms with van der Waals surface area (Å²) in [4.78, 5) is 12.8. The Morgan fingerprint density at radius 3 is 2.85 bits per heavy atom. The fourth-order valence-corrected chi connectivity index (χ4v) is 2.61. The Morgan fingerprint density at radius 2 is 2.11 bits per heavy atom. The number of carbonyl (C=O) groups excluding carboxylic acids is 1. The third kappa shape index (κ3) is 3.52. The van der Waals surface area contributed by atoms with E-state index >= 15 is 0 Å². The van der Waals surface area contributed by atoms with Crippen LogP contribution < -0.4 is 10.5 Å². The summed E-state index contributed by atoms with van der Waals surface area (Å²) in [6.07, 6.45) is 1.36. The highest BCUT2D eigenvalue weighted by atomic mass is 19.1. The van der Waals surface area contributed by atoms with Gasteiger partial charge < -0.3 is 15.2 Å². The van der Waals surface area contributed by atoms with Crippen molar-refractivity contribution < 1.29 is 23.0 Å². The Morgan fingerprint density at radius 1 is 1.30 bits per heavy atom. The number of rotatable bonds is 6. The maximum Gasteiger partial charge on any atom is 0.198 e. The molecule has 0 unspecified atom stereocenters. The van der Waals surface area contributed by atoms with E-state index in [4.69, 9.17) is 15.2 Å². The van der Waals surface area contributed by atoms with Crippen molar-refractivity contribution in [1.82, 2.24) is 9.78 Å². The van der Waals surface area contributed by atoms with Crippen molar-refractivity contribution in [3.8, 4) is 11.4 Å². The van der Waals surface area contributed by atoms with Crippen LogP contribution >= 0.6 is 0 Å². The fourth-order valence-electron chi connectivity index (χ4n) is 2.61. The first kappa shape index (κ1) is 17.2. The standard InChI is InChI=1S/C19H15F2N3O3/c20-12-4-5-17(16(21)7-12)24-19(22)15(8-23-24)18(25)11-2-1-3-13(6-11)26-9-14-10-27-14/h1-8,14H,9-10,22H2/t14-/m0/s1. The van der Waals surface area contributed by atoms with Crippen LogP contribution in [0.25, 0.3) is 5.69 Å². The largest absolute Gasteiger partial charge is 0.491 e. The molecule has 1 aromatic heterocycles. The van der Waals surface area contributed by atoms with Gasteiger partial charge in [-0.15, -0.1) is 0 Å². The normalized spacial score (nSPS) is 15.6. The highest BCUT2D eigenvalue weighted by Crippen LogP contribution is 2.24. The number of nitrogen functional groups attached to an aromatic ring is 1. The lowest BCUT2D eigenvalue weighted by Gasteiger charge is -2.08. The highest BCUT2D eigenvalue weighted by Gasteiger charge is 2.23. The lowest BCUT2D eigenvalue weighted by atomic mass is 10.1. The van der Waals surface area contributed by atoms with Crippen LogP contribution in [0.4, 0.5) is 14.6 Å². The van der Waals surface area contributed by atoms with Gasteiger partial charge in [0, 0.05) is 11.6 Å². The number of aromatic nitrogens is 2. The van der Waals surface area contributed by atoms with Crippen molar-refractivity contribution in [3.63, 3.8) is 0 Å². The minimum atomic E-state index is -0.832. The smallest absolute Gasteiger partial charge is 0.198 e. The second-order valence-corrected chi connectivity index (χ2v) is 6.07. The molecule has 1 fully saturated rings. The molecule has 0 spiro atoms. The van der Waals surface area contributed by atoms with E-state index in [9.17, 15) is 13.6 Å². The van der Waals surface area contributed by atoms with Gasteiger partial charge >= 0.3 is 0 Å². The molecule has 2 aromatic carbocycles. The van der Waals surface area contributed by atoms with Gasteiger partial charge in [-0.05, 0) is 24.3 Å². The molecule has 6 nitrogen and oxygen atoms in total. The summed E-state index contributed by atoms with van der Waals surface area (Å²) in [5.41, 5.74) is 6.42. The molecule has 4 rings (SSSR count). The monoisotopic (exact) mass is 371 g/mol. The fraction of sp³-hybridized carbons (Fsp3) is 0.158. The average molecular weight is 371 g/mol. The molecule has 2 heterocycles. The molecule has 2 N–H and O–H groups in total. The number of nitrogens with zero attached hydrogens (tertiary/aromatic N) is 2. The van der Waals surface area contributed by atoms with E-state index in [2.05, 4.69) is 5.10 Å². The Bertz CT molecular complexity index is 1020. The van der Waals surface area contributed by atoms with Gasteiger partial charge in [0.1, 0.15) is 35.8 Å². The molecule has 8 heteroatoms. The summed E-state index contributed by atoms with van der Waals surface area (Å²) in [6.45, 7) is 1.09. The topological polar surface area (TPSA) is 82.7 Å². The van der Waals surface area contributed by atoms with Crippen LogP contribution in [-0.4, -0.2) is 34.9 Å². The number of ether oxygens (including phenoxy) is 2. The molecule has 0 bridgehead atoms. The van der Waals surface area contributed by atoms with Crippen LogP contribution in [0.3, 0.4) is 0 Å². The average Bonchev–Trinajstić information content (AvgIpc) is 3.42. The van der Waals surface area contributed by atoms with Crippen LogP contribution in [0.2, 0.25) is 0 Å². The van der Waals surface area contributed by atoms with Gasteiger partial charge in [0.15, 0.2) is 11.6 Å². The molecule has 1 saturated heterocycles. The van der Waals surface area contributed by atoms with Crippen molar-refractivity contribution in [3.05, 3.63) is 71.4 Å². The Labute approximate surface area is 153 Å². The number of ketones is 1. The summed E-state index contributed by atoms with van der Waals surface area (Å²) in [5.74, 6) is -1.43. The number of halogens is 2. The number of epoxide rings is 1. The van der Waals surface area contributed by atoms with Crippen LogP contribution in [0.1, 0.15) is 15.9 Å². The second kappa shape index (κ2) is 6.81. The third-order valence-corrected chi connectivity index (χ3v) is 4.12. The zero-order valence-corrected chi connectivity index (χ0v) is 14.1. The first-order valence-corrected chi connectivity index (χ1v) is 8.21. The van der Waals surface area contributed by atoms with E-state index in [-0.39, 0.29) is 29.0 Å². The third-order valence-electron chi connectivity index (χ3n) is 4.12. The maximum absolute atomic E-state index is 14.0. The SMILES string of the molecule is Nc1c(C(=O)c2cccc(OC[C@H]3CO3)c2)cnn1-c1ccc(F)cc1F. The summed E-state index contributed by atoms with van der Waals surface area (Å²) in [7, 11) is 0. The summed E-state index contributed by atoms with van der Waals surface area (Å²) < 4.78 is 38.8. The summed E-state index contributed by atoms with van der Waals surface area (Å²) in [6, 6.07) is 9.67. The van der Waals surface area contributed by atoms with E-state index in [1.54, 1.807) is 24.3 Å². The summed E-state index contributed by atoms with van der Waals surface area (Å²) >= 11 is 0. The van der Waals surface area contributed by atoms with Gasteiger partial charge in [-0.1, -0.05) is 12.1 Å². The molecule has 1 aliphatic rings. The Hall–Kier alpha value is -3.26. The highest BCUT2D eigenvalue weighted by molar-refractivity contribution is 6.11. The van der Waals surface area contributed by atoms with Crippen LogP contribution in [0.5, 0.6) is 5.75 Å². The molecule has 27 heavy (non-hydrogen) atoms. The number of anilines is 1. The molecule has 0 radical (unpaired) electrons. The molecule has 1 aliphatic heterocycles. The summed E-state index contributed by atoms with van der Waals surface area (Å²) in [5, 5.41) is 3.97. The molecule has 0 aliphatic carbocycles. The second-order valence-electron chi connectivity index (χ2n) is 6.07. The predicted octanol–water partition coefficient (Wildman–Crippen LogP) is 2.74. The quantitative estimate of drug-likeness (QED) is 0.532. The van der Waals surface area contributed by atoms with E-state index in [0.29, 0.717) is 24.5 Å². The van der Waals surface area contributed by atoms with Crippen molar-refractivity contribution in [2.24, 2.45) is 0 Å². The lowest BCUT2D eigenvalue weighted by Crippen LogP contribution is -2.09. The molecular weight excluding hydrogens is 356 g/mol. The Kier molecular flexibility index (Phi) is 4.33. The van der Waals surface area contributed by atoms with E-state index in [1.807, 2.05) is 0 Å². The maximum atomic E-state index is 14.0. The van der Waals surface area contributed by atoms with Crippen molar-refractivity contribution in [1.29, 1.82) is 0 Å². The molecule has 138 valence electrons. The number of carbonyl (C=O) groups is 1. The lowest BCUT2D eigenvalue weighted by molar-refractivity contribution is 0.103. The van der Waals surface area contributed by atoms with Gasteiger partial charge in [-0.2, -0.15) is 5.10 Å². The van der Waals surface area contributed by atoms with Crippen LogP contribution in [0, 0.1) is 11.6 Å². The zero-order chi connectivity index (χ0) is 19.0. The first-order valence-electron chi connectivity index (χ1n) is 8.21. The number of benzene rings is 2. The van der Waals surface area contributed by atoms with E-state index in [0.717, 1.165) is 16.8 Å². The van der Waals surface area contributed by atoms with Gasteiger partial charge in [0.2, 0.25) is 0 Å². The van der Waals surface area contributed by atoms with Gasteiger partial charge in [-0.3, -0.25) is 4.79 Å². The zero-order valence-electron chi connectivity index (χ0n) is 14.1. The van der Waals surface area contributed by atoms with Crippen molar-refractivity contribution in [2.75, 3.05) is 18.9 Å². The number of hydrogen-bond donors (Lipinski definition) is 1. The molecular formula is C19H15F2N3O3. The minimum Gasteiger partial charge on any atom is -0.491 e. The van der Waals surface area contributed by atoms with Crippen molar-refractivity contribution >= 4 is 11.6 Å². The molecule has 3 aromatic rings. The van der Waals surface area contributed by atoms with Gasteiger partial charge in [0.25, 0.3) is 0 Å². The Balaban J connectivity index is 1.61.